The number of carbonyl (C=O) groups is 2. The molecule has 1 heterocycles. The quantitative estimate of drug-likeness (QED) is 0.862. The molecule has 0 spiro atoms. The highest BCUT2D eigenvalue weighted by Crippen LogP contribution is 2.20. The zero-order valence-electron chi connectivity index (χ0n) is 10.7. The molecule has 0 radical (unpaired) electrons. The molecular weight excluding hydrogens is 244 g/mol. The first-order valence-corrected chi connectivity index (χ1v) is 6.45. The number of ether oxygens (including phenoxy) is 1. The molecule has 102 valence electrons. The Labute approximate surface area is 112 Å². The lowest BCUT2D eigenvalue weighted by molar-refractivity contribution is -0.127. The number of nitrogens with two attached hydrogens (primary N) is 1. The number of amides is 2. The Morgan fingerprint density at radius 2 is 2.05 bits per heavy atom. The zero-order valence-corrected chi connectivity index (χ0v) is 10.7. The van der Waals surface area contributed by atoms with E-state index in [0.29, 0.717) is 6.61 Å². The lowest BCUT2D eigenvalue weighted by Crippen LogP contribution is -2.40. The van der Waals surface area contributed by atoms with Crippen molar-refractivity contribution in [2.24, 2.45) is 5.73 Å². The monoisotopic (exact) mass is 262 g/mol. The van der Waals surface area contributed by atoms with Crippen molar-refractivity contribution in [3.8, 4) is 0 Å². The molecule has 5 nitrogen and oxygen atoms in total. The molecule has 0 aliphatic carbocycles. The fourth-order valence-corrected chi connectivity index (χ4v) is 2.14. The Hall–Kier alpha value is -1.88. The summed E-state index contributed by atoms with van der Waals surface area (Å²) in [5.41, 5.74) is 5.93. The summed E-state index contributed by atoms with van der Waals surface area (Å²) in [6.07, 6.45) is 1.38. The summed E-state index contributed by atoms with van der Waals surface area (Å²) in [6.45, 7) is 0.910. The summed E-state index contributed by atoms with van der Waals surface area (Å²) < 4.78 is 5.42. The number of anilines is 1. The van der Waals surface area contributed by atoms with Gasteiger partial charge < -0.3 is 15.4 Å². The average molecular weight is 262 g/mol. The van der Waals surface area contributed by atoms with Crippen LogP contribution in [0.2, 0.25) is 0 Å². The van der Waals surface area contributed by atoms with Gasteiger partial charge in [0.15, 0.2) is 0 Å². The summed E-state index contributed by atoms with van der Waals surface area (Å²) in [6, 6.07) is 9.28. The Morgan fingerprint density at radius 3 is 2.63 bits per heavy atom. The molecule has 1 aromatic rings. The van der Waals surface area contributed by atoms with Gasteiger partial charge in [-0.3, -0.25) is 9.59 Å². The summed E-state index contributed by atoms with van der Waals surface area (Å²) in [5, 5.41) is 0. The van der Waals surface area contributed by atoms with E-state index in [4.69, 9.17) is 10.5 Å². The van der Waals surface area contributed by atoms with Crippen LogP contribution in [-0.4, -0.2) is 31.1 Å². The highest BCUT2D eigenvalue weighted by molar-refractivity contribution is 5.97. The minimum Gasteiger partial charge on any atom is -0.370 e. The first-order chi connectivity index (χ1) is 9.18. The summed E-state index contributed by atoms with van der Waals surface area (Å²) in [7, 11) is 0. The highest BCUT2D eigenvalue weighted by Gasteiger charge is 2.29. The van der Waals surface area contributed by atoms with E-state index in [2.05, 4.69) is 0 Å². The van der Waals surface area contributed by atoms with Crippen LogP contribution >= 0.6 is 0 Å². The van der Waals surface area contributed by atoms with E-state index in [9.17, 15) is 9.59 Å². The van der Waals surface area contributed by atoms with Crippen molar-refractivity contribution < 1.29 is 14.3 Å². The van der Waals surface area contributed by atoms with Crippen molar-refractivity contribution in [2.45, 2.75) is 25.4 Å². The van der Waals surface area contributed by atoms with Gasteiger partial charge in [-0.1, -0.05) is 18.2 Å². The Morgan fingerprint density at radius 1 is 1.32 bits per heavy atom. The largest absolute Gasteiger partial charge is 0.370 e. The Kier molecular flexibility index (Phi) is 4.52. The summed E-state index contributed by atoms with van der Waals surface area (Å²) in [4.78, 5) is 24.9. The van der Waals surface area contributed by atoms with Gasteiger partial charge >= 0.3 is 0 Å². The molecular formula is C14H18N2O3. The lowest BCUT2D eigenvalue weighted by atomic mass is 10.2. The number of hydrogen-bond donors (Lipinski definition) is 1. The van der Waals surface area contributed by atoms with E-state index >= 15 is 0 Å². The average Bonchev–Trinajstić information content (AvgIpc) is 2.93. The Bertz CT molecular complexity index is 441. The highest BCUT2D eigenvalue weighted by atomic mass is 16.5. The van der Waals surface area contributed by atoms with Crippen LogP contribution in [0.1, 0.15) is 19.3 Å². The maximum Gasteiger partial charge on any atom is 0.256 e. The topological polar surface area (TPSA) is 72.6 Å². The molecule has 2 amide bonds. The van der Waals surface area contributed by atoms with Crippen LogP contribution in [0.25, 0.3) is 0 Å². The molecule has 2 N–H and O–H groups in total. The maximum atomic E-state index is 12.4. The number of para-hydroxylation sites is 1. The van der Waals surface area contributed by atoms with Gasteiger partial charge in [0.1, 0.15) is 6.10 Å². The van der Waals surface area contributed by atoms with E-state index in [0.717, 1.165) is 18.5 Å². The number of nitrogens with zero attached hydrogens (tertiary/aromatic N) is 1. The number of hydrogen-bond acceptors (Lipinski definition) is 3. The molecule has 5 heteroatoms. The predicted molar refractivity (Wildman–Crippen MR) is 71.6 cm³/mol. The summed E-state index contributed by atoms with van der Waals surface area (Å²) >= 11 is 0. The van der Waals surface area contributed by atoms with Gasteiger partial charge in [0.2, 0.25) is 5.91 Å². The number of primary amides is 1. The van der Waals surface area contributed by atoms with E-state index in [-0.39, 0.29) is 18.9 Å². The van der Waals surface area contributed by atoms with Gasteiger partial charge in [0, 0.05) is 25.3 Å². The molecule has 1 aliphatic heterocycles. The molecule has 1 fully saturated rings. The smallest absolute Gasteiger partial charge is 0.256 e. The SMILES string of the molecule is NC(=O)CCN(C(=O)[C@H]1CCCO1)c1ccccc1. The normalized spacial score (nSPS) is 18.2. The van der Waals surface area contributed by atoms with Gasteiger partial charge in [-0.05, 0) is 25.0 Å². The van der Waals surface area contributed by atoms with Gasteiger partial charge in [-0.25, -0.2) is 0 Å². The van der Waals surface area contributed by atoms with Gasteiger partial charge in [-0.15, -0.1) is 0 Å². The first kappa shape index (κ1) is 13.5. The second kappa shape index (κ2) is 6.33. The molecule has 0 bridgehead atoms. The molecule has 0 unspecified atom stereocenters. The molecule has 2 rings (SSSR count). The van der Waals surface area contributed by atoms with Crippen LogP contribution in [0.5, 0.6) is 0 Å². The van der Waals surface area contributed by atoms with Gasteiger partial charge in [0.05, 0.1) is 0 Å². The molecule has 1 aromatic carbocycles. The molecule has 1 atom stereocenters. The summed E-state index contributed by atoms with van der Waals surface area (Å²) in [5.74, 6) is -0.508. The van der Waals surface area contributed by atoms with Crippen molar-refractivity contribution >= 4 is 17.5 Å². The van der Waals surface area contributed by atoms with Crippen LogP contribution in [0.15, 0.2) is 30.3 Å². The third-order valence-electron chi connectivity index (χ3n) is 3.12. The minimum absolute atomic E-state index is 0.0926. The van der Waals surface area contributed by atoms with Crippen LogP contribution < -0.4 is 10.6 Å². The fraction of sp³-hybridized carbons (Fsp3) is 0.429. The zero-order chi connectivity index (χ0) is 13.7. The van der Waals surface area contributed by atoms with E-state index < -0.39 is 12.0 Å². The standard InChI is InChI=1S/C14H18N2O3/c15-13(17)8-9-16(11-5-2-1-3-6-11)14(18)12-7-4-10-19-12/h1-3,5-6,12H,4,7-10H2,(H2,15,17)/t12-/m1/s1. The molecule has 1 saturated heterocycles. The van der Waals surface area contributed by atoms with E-state index in [1.54, 1.807) is 4.90 Å². The molecule has 0 saturated carbocycles. The minimum atomic E-state index is -0.416. The number of benzene rings is 1. The number of rotatable bonds is 5. The number of carbonyl (C=O) groups excluding carboxylic acids is 2. The van der Waals surface area contributed by atoms with Crippen molar-refractivity contribution in [3.63, 3.8) is 0 Å². The second-order valence-electron chi connectivity index (χ2n) is 4.54. The maximum absolute atomic E-state index is 12.4. The fourth-order valence-electron chi connectivity index (χ4n) is 2.14. The predicted octanol–water partition coefficient (Wildman–Crippen LogP) is 1.07. The van der Waals surface area contributed by atoms with Gasteiger partial charge in [0.25, 0.3) is 5.91 Å². The van der Waals surface area contributed by atoms with Crippen LogP contribution in [0.3, 0.4) is 0 Å². The molecule has 19 heavy (non-hydrogen) atoms. The lowest BCUT2D eigenvalue weighted by Gasteiger charge is -2.25. The van der Waals surface area contributed by atoms with E-state index in [1.807, 2.05) is 30.3 Å². The van der Waals surface area contributed by atoms with Crippen LogP contribution in [0, 0.1) is 0 Å². The molecule has 0 aromatic heterocycles. The molecule has 1 aliphatic rings. The second-order valence-corrected chi connectivity index (χ2v) is 4.54. The van der Waals surface area contributed by atoms with Crippen molar-refractivity contribution in [3.05, 3.63) is 30.3 Å². The Balaban J connectivity index is 2.13. The van der Waals surface area contributed by atoms with Crippen molar-refractivity contribution in [1.29, 1.82) is 0 Å². The first-order valence-electron chi connectivity index (χ1n) is 6.45. The third-order valence-corrected chi connectivity index (χ3v) is 3.12. The van der Waals surface area contributed by atoms with Crippen LogP contribution in [0.4, 0.5) is 5.69 Å². The van der Waals surface area contributed by atoms with Gasteiger partial charge in [-0.2, -0.15) is 0 Å². The third kappa shape index (κ3) is 3.54. The van der Waals surface area contributed by atoms with Crippen molar-refractivity contribution in [2.75, 3.05) is 18.1 Å². The van der Waals surface area contributed by atoms with E-state index in [1.165, 1.54) is 0 Å². The van der Waals surface area contributed by atoms with Crippen molar-refractivity contribution in [1.82, 2.24) is 0 Å². The van der Waals surface area contributed by atoms with Crippen LogP contribution in [-0.2, 0) is 14.3 Å².